The van der Waals surface area contributed by atoms with E-state index in [2.05, 4.69) is 19.9 Å². The fourth-order valence-corrected chi connectivity index (χ4v) is 3.59. The first-order chi connectivity index (χ1) is 11.1. The Hall–Kier alpha value is -2.02. The fourth-order valence-electron chi connectivity index (χ4n) is 2.66. The van der Waals surface area contributed by atoms with Crippen molar-refractivity contribution in [2.24, 2.45) is 0 Å². The Balaban J connectivity index is 1.84. The molecule has 1 aliphatic heterocycles. The van der Waals surface area contributed by atoms with Crippen LogP contribution >= 0.6 is 11.3 Å². The predicted molar refractivity (Wildman–Crippen MR) is 88.9 cm³/mol. The molecule has 122 valence electrons. The Labute approximate surface area is 139 Å². The molecule has 0 unspecified atom stereocenters. The molecule has 1 fully saturated rings. The lowest BCUT2D eigenvalue weighted by Crippen LogP contribution is -2.25. The van der Waals surface area contributed by atoms with Gasteiger partial charge in [0.1, 0.15) is 5.01 Å². The summed E-state index contributed by atoms with van der Waals surface area (Å²) in [5.74, 6) is 0.380. The minimum atomic E-state index is -0.359. The number of carbonyl (C=O) groups is 1. The van der Waals surface area contributed by atoms with Gasteiger partial charge in [0.05, 0.1) is 12.6 Å². The lowest BCUT2D eigenvalue weighted by atomic mass is 10.2. The molecule has 0 N–H and O–H groups in total. The van der Waals surface area contributed by atoms with Crippen molar-refractivity contribution in [3.05, 3.63) is 33.5 Å². The smallest absolute Gasteiger partial charge is 0.357 e. The van der Waals surface area contributed by atoms with Crippen LogP contribution in [0.15, 0.2) is 11.6 Å². The van der Waals surface area contributed by atoms with E-state index >= 15 is 0 Å². The van der Waals surface area contributed by atoms with Crippen molar-refractivity contribution in [3.63, 3.8) is 0 Å². The summed E-state index contributed by atoms with van der Waals surface area (Å²) in [5, 5.41) is 2.69. The highest BCUT2D eigenvalue weighted by atomic mass is 32.1. The van der Waals surface area contributed by atoms with Gasteiger partial charge in [-0.1, -0.05) is 0 Å². The molecule has 1 saturated heterocycles. The van der Waals surface area contributed by atoms with Crippen molar-refractivity contribution in [1.82, 2.24) is 15.0 Å². The number of hydrogen-bond donors (Lipinski definition) is 0. The van der Waals surface area contributed by atoms with Crippen molar-refractivity contribution in [1.29, 1.82) is 0 Å². The summed E-state index contributed by atoms with van der Waals surface area (Å²) in [5.41, 5.74) is 2.47. The molecule has 0 saturated carbocycles. The second-order valence-electron chi connectivity index (χ2n) is 5.58. The first-order valence-corrected chi connectivity index (χ1v) is 8.67. The van der Waals surface area contributed by atoms with Gasteiger partial charge in [0, 0.05) is 23.8 Å². The van der Waals surface area contributed by atoms with Crippen LogP contribution in [0.2, 0.25) is 0 Å². The number of rotatable bonds is 4. The van der Waals surface area contributed by atoms with E-state index in [9.17, 15) is 4.79 Å². The van der Waals surface area contributed by atoms with Gasteiger partial charge in [-0.3, -0.25) is 0 Å². The van der Waals surface area contributed by atoms with Gasteiger partial charge >= 0.3 is 5.97 Å². The van der Waals surface area contributed by atoms with Gasteiger partial charge in [-0.25, -0.2) is 19.7 Å². The minimum Gasteiger partial charge on any atom is -0.461 e. The minimum absolute atomic E-state index is 0.130. The summed E-state index contributed by atoms with van der Waals surface area (Å²) >= 11 is 1.50. The largest absolute Gasteiger partial charge is 0.461 e. The van der Waals surface area contributed by atoms with Crippen molar-refractivity contribution in [2.75, 3.05) is 18.1 Å². The van der Waals surface area contributed by atoms with E-state index < -0.39 is 0 Å². The van der Waals surface area contributed by atoms with E-state index in [1.165, 1.54) is 11.3 Å². The Morgan fingerprint density at radius 3 is 3.00 bits per heavy atom. The molecular formula is C16H20N4O2S. The van der Waals surface area contributed by atoms with E-state index in [-0.39, 0.29) is 12.0 Å². The molecule has 0 radical (unpaired) electrons. The molecular weight excluding hydrogens is 312 g/mol. The average Bonchev–Trinajstić information content (AvgIpc) is 3.18. The summed E-state index contributed by atoms with van der Waals surface area (Å²) in [6, 6.07) is 0.130. The summed E-state index contributed by atoms with van der Waals surface area (Å²) in [7, 11) is 0. The number of aromatic nitrogens is 3. The first-order valence-electron chi connectivity index (χ1n) is 7.79. The molecule has 2 aromatic rings. The normalized spacial score (nSPS) is 17.5. The first kappa shape index (κ1) is 15.9. The quantitative estimate of drug-likeness (QED) is 0.802. The third-order valence-electron chi connectivity index (χ3n) is 4.01. The van der Waals surface area contributed by atoms with Gasteiger partial charge in [-0.05, 0) is 39.2 Å². The molecule has 1 atom stereocenters. The van der Waals surface area contributed by atoms with Gasteiger partial charge in [-0.15, -0.1) is 11.3 Å². The van der Waals surface area contributed by atoms with Crippen molar-refractivity contribution in [2.45, 2.75) is 39.7 Å². The van der Waals surface area contributed by atoms with E-state index in [0.717, 1.165) is 41.6 Å². The molecule has 0 spiro atoms. The third-order valence-corrected chi connectivity index (χ3v) is 4.96. The van der Waals surface area contributed by atoms with Crippen LogP contribution in [0.1, 0.15) is 52.6 Å². The van der Waals surface area contributed by atoms with Gasteiger partial charge in [-0.2, -0.15) is 0 Å². The third kappa shape index (κ3) is 3.19. The van der Waals surface area contributed by atoms with Crippen LogP contribution in [0, 0.1) is 13.8 Å². The van der Waals surface area contributed by atoms with Gasteiger partial charge in [0.25, 0.3) is 0 Å². The molecule has 2 aromatic heterocycles. The summed E-state index contributed by atoms with van der Waals surface area (Å²) in [6.45, 7) is 7.06. The number of nitrogens with zero attached hydrogens (tertiary/aromatic N) is 4. The van der Waals surface area contributed by atoms with Gasteiger partial charge in [0.2, 0.25) is 5.95 Å². The van der Waals surface area contributed by atoms with Crippen molar-refractivity contribution >= 4 is 23.3 Å². The van der Waals surface area contributed by atoms with E-state index in [1.54, 1.807) is 12.3 Å². The van der Waals surface area contributed by atoms with Crippen molar-refractivity contribution in [3.8, 4) is 0 Å². The van der Waals surface area contributed by atoms with Crippen LogP contribution < -0.4 is 4.90 Å². The molecule has 0 aliphatic carbocycles. The maximum absolute atomic E-state index is 11.8. The molecule has 3 heterocycles. The number of anilines is 1. The SMILES string of the molecule is CCOC(=O)c1csc([C@H]2CCCN2c2ncc(C)c(C)n2)n1. The Bertz CT molecular complexity index is 716. The van der Waals surface area contributed by atoms with Crippen LogP contribution in [-0.2, 0) is 4.74 Å². The van der Waals surface area contributed by atoms with Gasteiger partial charge in [0.15, 0.2) is 5.69 Å². The van der Waals surface area contributed by atoms with E-state index in [1.807, 2.05) is 20.0 Å². The second-order valence-corrected chi connectivity index (χ2v) is 6.47. The van der Waals surface area contributed by atoms with E-state index in [0.29, 0.717) is 12.3 Å². The number of esters is 1. The maximum Gasteiger partial charge on any atom is 0.357 e. The van der Waals surface area contributed by atoms with Gasteiger partial charge < -0.3 is 9.64 Å². The topological polar surface area (TPSA) is 68.2 Å². The number of ether oxygens (including phenoxy) is 1. The molecule has 0 amide bonds. The average molecular weight is 332 g/mol. The zero-order valence-electron chi connectivity index (χ0n) is 13.6. The Kier molecular flexibility index (Phi) is 4.56. The van der Waals surface area contributed by atoms with Crippen LogP contribution in [0.25, 0.3) is 0 Å². The molecule has 0 aromatic carbocycles. The number of aryl methyl sites for hydroxylation is 2. The van der Waals surface area contributed by atoms with E-state index in [4.69, 9.17) is 4.74 Å². The van der Waals surface area contributed by atoms with Crippen LogP contribution in [0.4, 0.5) is 5.95 Å². The number of thiazole rings is 1. The number of carbonyl (C=O) groups excluding carboxylic acids is 1. The number of hydrogen-bond acceptors (Lipinski definition) is 7. The van der Waals surface area contributed by atoms with Crippen molar-refractivity contribution < 1.29 is 9.53 Å². The highest BCUT2D eigenvalue weighted by Crippen LogP contribution is 2.36. The van der Waals surface area contributed by atoms with Crippen LogP contribution in [-0.4, -0.2) is 34.1 Å². The maximum atomic E-state index is 11.8. The highest BCUT2D eigenvalue weighted by molar-refractivity contribution is 7.10. The predicted octanol–water partition coefficient (Wildman–Crippen LogP) is 3.07. The molecule has 7 heteroatoms. The molecule has 6 nitrogen and oxygen atoms in total. The summed E-state index contributed by atoms with van der Waals surface area (Å²) in [4.78, 5) is 27.5. The lowest BCUT2D eigenvalue weighted by molar-refractivity contribution is 0.0520. The summed E-state index contributed by atoms with van der Waals surface area (Å²) in [6.07, 6.45) is 3.92. The standard InChI is InChI=1S/C16H20N4O2S/c1-4-22-15(21)12-9-23-14(19-12)13-6-5-7-20(13)16-17-8-10(2)11(3)18-16/h8-9,13H,4-7H2,1-3H3/t13-/m1/s1. The Morgan fingerprint density at radius 2 is 2.26 bits per heavy atom. The fraction of sp³-hybridized carbons (Fsp3) is 0.500. The van der Waals surface area contributed by atoms with Crippen LogP contribution in [0.3, 0.4) is 0 Å². The monoisotopic (exact) mass is 332 g/mol. The molecule has 3 rings (SSSR count). The molecule has 1 aliphatic rings. The molecule has 23 heavy (non-hydrogen) atoms. The summed E-state index contributed by atoms with van der Waals surface area (Å²) < 4.78 is 5.01. The zero-order valence-corrected chi connectivity index (χ0v) is 14.4. The van der Waals surface area contributed by atoms with Crippen LogP contribution in [0.5, 0.6) is 0 Å². The lowest BCUT2D eigenvalue weighted by Gasteiger charge is -2.23. The zero-order chi connectivity index (χ0) is 16.4. The molecule has 0 bridgehead atoms. The highest BCUT2D eigenvalue weighted by Gasteiger charge is 2.31. The second kappa shape index (κ2) is 6.62. The Morgan fingerprint density at radius 1 is 1.43 bits per heavy atom.